The number of aliphatic hydroxyl groups is 1. The largest absolute Gasteiger partial charge is 0.392 e. The molecule has 4 heteroatoms. The summed E-state index contributed by atoms with van der Waals surface area (Å²) in [6, 6.07) is 3.89. The van der Waals surface area contributed by atoms with Crippen LogP contribution in [0.1, 0.15) is 19.5 Å². The van der Waals surface area contributed by atoms with E-state index in [1.54, 1.807) is 18.0 Å². The molecule has 15 heavy (non-hydrogen) atoms. The maximum Gasteiger partial charge on any atom is 0.0686 e. The first-order valence-corrected chi connectivity index (χ1v) is 6.82. The van der Waals surface area contributed by atoms with E-state index in [0.717, 1.165) is 15.9 Å². The second kappa shape index (κ2) is 6.51. The molecular weight excluding hydrogens is 274 g/mol. The first kappa shape index (κ1) is 13.0. The van der Waals surface area contributed by atoms with E-state index in [1.165, 1.54) is 0 Å². The molecule has 1 unspecified atom stereocenters. The third-order valence-electron chi connectivity index (χ3n) is 1.86. The van der Waals surface area contributed by atoms with Crippen LogP contribution in [0.5, 0.6) is 0 Å². The number of aromatic nitrogens is 1. The van der Waals surface area contributed by atoms with Gasteiger partial charge in [0.25, 0.3) is 0 Å². The molecule has 0 radical (unpaired) electrons. The van der Waals surface area contributed by atoms with Gasteiger partial charge in [-0.15, -0.1) is 0 Å². The predicted octanol–water partition coefficient (Wildman–Crippen LogP) is 2.89. The van der Waals surface area contributed by atoms with Crippen molar-refractivity contribution in [3.8, 4) is 0 Å². The van der Waals surface area contributed by atoms with Crippen molar-refractivity contribution >= 4 is 27.7 Å². The molecule has 1 heterocycles. The summed E-state index contributed by atoms with van der Waals surface area (Å²) >= 11 is 5.11. The third kappa shape index (κ3) is 5.54. The van der Waals surface area contributed by atoms with Crippen LogP contribution in [0.25, 0.3) is 0 Å². The molecule has 0 aromatic carbocycles. The molecule has 0 saturated heterocycles. The van der Waals surface area contributed by atoms with E-state index in [9.17, 15) is 5.11 Å². The van der Waals surface area contributed by atoms with Gasteiger partial charge in [0.2, 0.25) is 0 Å². The predicted molar refractivity (Wildman–Crippen MR) is 69.2 cm³/mol. The van der Waals surface area contributed by atoms with Crippen LogP contribution in [0.3, 0.4) is 0 Å². The van der Waals surface area contributed by atoms with Gasteiger partial charge in [0.1, 0.15) is 0 Å². The normalized spacial score (nSPS) is 13.1. The molecule has 0 fully saturated rings. The van der Waals surface area contributed by atoms with Crippen molar-refractivity contribution in [1.82, 2.24) is 4.98 Å². The van der Waals surface area contributed by atoms with Crippen molar-refractivity contribution < 1.29 is 5.11 Å². The van der Waals surface area contributed by atoms with Crippen molar-refractivity contribution in [2.45, 2.75) is 31.6 Å². The van der Waals surface area contributed by atoms with Crippen LogP contribution in [-0.2, 0) is 6.42 Å². The second-order valence-corrected chi connectivity index (χ2v) is 6.23. The van der Waals surface area contributed by atoms with Gasteiger partial charge in [-0.3, -0.25) is 4.98 Å². The van der Waals surface area contributed by atoms with Gasteiger partial charge in [-0.1, -0.05) is 13.8 Å². The number of halogens is 1. The Morgan fingerprint density at radius 3 is 2.73 bits per heavy atom. The van der Waals surface area contributed by atoms with E-state index in [2.05, 4.69) is 34.8 Å². The molecule has 0 spiro atoms. The van der Waals surface area contributed by atoms with Crippen molar-refractivity contribution in [1.29, 1.82) is 0 Å². The molecule has 84 valence electrons. The summed E-state index contributed by atoms with van der Waals surface area (Å²) in [5.74, 6) is 0.773. The Bertz CT molecular complexity index is 289. The summed E-state index contributed by atoms with van der Waals surface area (Å²) in [7, 11) is 0. The molecule has 1 rings (SSSR count). The highest BCUT2D eigenvalue weighted by Gasteiger charge is 2.07. The minimum Gasteiger partial charge on any atom is -0.392 e. The summed E-state index contributed by atoms with van der Waals surface area (Å²) in [6.07, 6.45) is 2.09. The van der Waals surface area contributed by atoms with E-state index < -0.39 is 0 Å². The average Bonchev–Trinajstić information content (AvgIpc) is 2.19. The van der Waals surface area contributed by atoms with Crippen molar-refractivity contribution in [2.24, 2.45) is 0 Å². The van der Waals surface area contributed by atoms with E-state index in [1.807, 2.05) is 12.1 Å². The van der Waals surface area contributed by atoms with Crippen LogP contribution in [-0.4, -0.2) is 27.2 Å². The molecule has 0 amide bonds. The van der Waals surface area contributed by atoms with Crippen LogP contribution in [0.4, 0.5) is 0 Å². The summed E-state index contributed by atoms with van der Waals surface area (Å²) in [5, 5.41) is 10.3. The molecule has 0 bridgehead atoms. The quantitative estimate of drug-likeness (QED) is 0.905. The lowest BCUT2D eigenvalue weighted by Crippen LogP contribution is -2.15. The van der Waals surface area contributed by atoms with Gasteiger partial charge in [0.15, 0.2) is 0 Å². The number of thioether (sulfide) groups is 1. The van der Waals surface area contributed by atoms with Crippen LogP contribution in [0.15, 0.2) is 22.8 Å². The summed E-state index contributed by atoms with van der Waals surface area (Å²) < 4.78 is 0.970. The second-order valence-electron chi connectivity index (χ2n) is 3.71. The lowest BCUT2D eigenvalue weighted by Gasteiger charge is -2.11. The molecule has 0 aliphatic carbocycles. The van der Waals surface area contributed by atoms with Crippen LogP contribution in [0, 0.1) is 0 Å². The summed E-state index contributed by atoms with van der Waals surface area (Å²) in [4.78, 5) is 4.23. The molecule has 1 atom stereocenters. The van der Waals surface area contributed by atoms with Gasteiger partial charge in [-0.2, -0.15) is 11.8 Å². The van der Waals surface area contributed by atoms with Crippen LogP contribution in [0.2, 0.25) is 0 Å². The van der Waals surface area contributed by atoms with Crippen LogP contribution >= 0.6 is 27.7 Å². The van der Waals surface area contributed by atoms with Gasteiger partial charge in [-0.25, -0.2) is 0 Å². The number of hydrogen-bond acceptors (Lipinski definition) is 3. The molecule has 0 aliphatic rings. The van der Waals surface area contributed by atoms with Crippen molar-refractivity contribution in [3.63, 3.8) is 0 Å². The molecule has 0 saturated carbocycles. The van der Waals surface area contributed by atoms with E-state index in [4.69, 9.17) is 0 Å². The maximum absolute atomic E-state index is 9.75. The Labute approximate surface area is 104 Å². The van der Waals surface area contributed by atoms with E-state index in [-0.39, 0.29) is 6.10 Å². The Morgan fingerprint density at radius 1 is 1.47 bits per heavy atom. The third-order valence-corrected chi connectivity index (χ3v) is 3.57. The molecule has 1 aromatic rings. The van der Waals surface area contributed by atoms with Crippen molar-refractivity contribution in [3.05, 3.63) is 28.5 Å². The average molecular weight is 290 g/mol. The highest BCUT2D eigenvalue weighted by molar-refractivity contribution is 9.10. The monoisotopic (exact) mass is 289 g/mol. The number of aliphatic hydroxyl groups excluding tert-OH is 1. The lowest BCUT2D eigenvalue weighted by atomic mass is 10.2. The molecular formula is C11H16BrNOS. The fraction of sp³-hybridized carbons (Fsp3) is 0.545. The smallest absolute Gasteiger partial charge is 0.0686 e. The van der Waals surface area contributed by atoms with Gasteiger partial charge in [0, 0.05) is 28.5 Å². The minimum absolute atomic E-state index is 0.300. The fourth-order valence-corrected chi connectivity index (χ4v) is 2.09. The summed E-state index contributed by atoms with van der Waals surface area (Å²) in [5.41, 5.74) is 0.940. The topological polar surface area (TPSA) is 33.1 Å². The van der Waals surface area contributed by atoms with Gasteiger partial charge < -0.3 is 5.11 Å². The number of pyridine rings is 1. The first-order chi connectivity index (χ1) is 7.08. The van der Waals surface area contributed by atoms with Crippen molar-refractivity contribution in [2.75, 3.05) is 5.75 Å². The zero-order valence-electron chi connectivity index (χ0n) is 8.98. The maximum atomic E-state index is 9.75. The number of hydrogen-bond donors (Lipinski definition) is 1. The first-order valence-electron chi connectivity index (χ1n) is 4.98. The molecule has 1 N–H and O–H groups in total. The Morgan fingerprint density at radius 2 is 2.20 bits per heavy atom. The standard InChI is InChI=1S/C11H16BrNOS/c1-8(2)15-7-11(14)5-10-4-3-9(12)6-13-10/h3-4,6,8,11,14H,5,7H2,1-2H3. The zero-order chi connectivity index (χ0) is 11.3. The Balaban J connectivity index is 2.37. The Kier molecular flexibility index (Phi) is 5.64. The number of rotatable bonds is 5. The van der Waals surface area contributed by atoms with Crippen LogP contribution < -0.4 is 0 Å². The molecule has 0 aliphatic heterocycles. The molecule has 1 aromatic heterocycles. The number of nitrogens with zero attached hydrogens (tertiary/aromatic N) is 1. The fourth-order valence-electron chi connectivity index (χ4n) is 1.13. The molecule has 2 nitrogen and oxygen atoms in total. The highest BCUT2D eigenvalue weighted by atomic mass is 79.9. The van der Waals surface area contributed by atoms with E-state index >= 15 is 0 Å². The van der Waals surface area contributed by atoms with Gasteiger partial charge in [0.05, 0.1) is 6.10 Å². The summed E-state index contributed by atoms with van der Waals surface area (Å²) in [6.45, 7) is 4.27. The minimum atomic E-state index is -0.300. The van der Waals surface area contributed by atoms with Gasteiger partial charge >= 0.3 is 0 Å². The SMILES string of the molecule is CC(C)SCC(O)Cc1ccc(Br)cn1. The van der Waals surface area contributed by atoms with Gasteiger partial charge in [-0.05, 0) is 33.3 Å². The zero-order valence-corrected chi connectivity index (χ0v) is 11.4. The van der Waals surface area contributed by atoms with E-state index in [0.29, 0.717) is 11.7 Å². The lowest BCUT2D eigenvalue weighted by molar-refractivity contribution is 0.199. The Hall–Kier alpha value is -0.0600. The highest BCUT2D eigenvalue weighted by Crippen LogP contribution is 2.14.